The molecule has 0 aromatic carbocycles. The number of guanidine groups is 1. The molecule has 2 aliphatic heterocycles. The Kier molecular flexibility index (Phi) is 2.45. The van der Waals surface area contributed by atoms with Gasteiger partial charge in [0.1, 0.15) is 0 Å². The summed E-state index contributed by atoms with van der Waals surface area (Å²) in [6, 6.07) is 0.0393. The Morgan fingerprint density at radius 1 is 1.29 bits per heavy atom. The summed E-state index contributed by atoms with van der Waals surface area (Å²) in [5.74, 6) is -1.06. The summed E-state index contributed by atoms with van der Waals surface area (Å²) >= 11 is 0. The molecule has 2 rings (SSSR count). The van der Waals surface area contributed by atoms with Crippen LogP contribution >= 0.6 is 0 Å². The first-order valence-corrected chi connectivity index (χ1v) is 4.53. The zero-order valence-corrected chi connectivity index (χ0v) is 7.58. The average molecular weight is 197 g/mol. The minimum absolute atomic E-state index is 0.0393. The van der Waals surface area contributed by atoms with Crippen LogP contribution in [0.15, 0.2) is 4.99 Å². The molecular formula is C8H11N3O3. The first kappa shape index (κ1) is 9.14. The van der Waals surface area contributed by atoms with Crippen molar-refractivity contribution in [1.29, 1.82) is 0 Å². The molecule has 0 saturated carbocycles. The van der Waals surface area contributed by atoms with Crippen molar-refractivity contribution < 1.29 is 14.3 Å². The van der Waals surface area contributed by atoms with Gasteiger partial charge in [0.05, 0.1) is 12.6 Å². The predicted octanol–water partition coefficient (Wildman–Crippen LogP) is -1.23. The quantitative estimate of drug-likeness (QED) is 0.516. The van der Waals surface area contributed by atoms with Gasteiger partial charge in [0.2, 0.25) is 5.96 Å². The molecule has 0 aliphatic carbocycles. The van der Waals surface area contributed by atoms with Crippen LogP contribution in [0.2, 0.25) is 0 Å². The summed E-state index contributed by atoms with van der Waals surface area (Å²) in [5, 5.41) is 4.69. The molecule has 14 heavy (non-hydrogen) atoms. The van der Waals surface area contributed by atoms with Gasteiger partial charge in [0.25, 0.3) is 0 Å². The van der Waals surface area contributed by atoms with Gasteiger partial charge in [-0.1, -0.05) is 0 Å². The number of hydrogen-bond acceptors (Lipinski definition) is 4. The molecule has 0 aromatic heterocycles. The van der Waals surface area contributed by atoms with Crippen LogP contribution in [0.25, 0.3) is 0 Å². The maximum atomic E-state index is 10.8. The predicted molar refractivity (Wildman–Crippen MR) is 47.6 cm³/mol. The molecule has 2 fully saturated rings. The van der Waals surface area contributed by atoms with E-state index in [0.717, 1.165) is 19.4 Å². The fourth-order valence-electron chi connectivity index (χ4n) is 1.43. The van der Waals surface area contributed by atoms with Crippen molar-refractivity contribution in [2.45, 2.75) is 18.9 Å². The number of amides is 2. The maximum absolute atomic E-state index is 10.8. The highest BCUT2D eigenvalue weighted by Crippen LogP contribution is 2.09. The number of carbonyl (C=O) groups is 2. The summed E-state index contributed by atoms with van der Waals surface area (Å²) in [5.41, 5.74) is 0. The lowest BCUT2D eigenvalue weighted by molar-refractivity contribution is -0.135. The molecule has 1 unspecified atom stereocenters. The minimum atomic E-state index is -0.652. The van der Waals surface area contributed by atoms with Crippen molar-refractivity contribution in [3.63, 3.8) is 0 Å². The Hall–Kier alpha value is -1.43. The van der Waals surface area contributed by atoms with E-state index < -0.39 is 11.8 Å². The molecule has 2 heterocycles. The van der Waals surface area contributed by atoms with E-state index in [0.29, 0.717) is 6.61 Å². The Bertz CT molecular complexity index is 276. The van der Waals surface area contributed by atoms with E-state index in [1.807, 2.05) is 0 Å². The van der Waals surface area contributed by atoms with E-state index >= 15 is 0 Å². The summed E-state index contributed by atoms with van der Waals surface area (Å²) in [7, 11) is 0. The second kappa shape index (κ2) is 3.75. The van der Waals surface area contributed by atoms with E-state index in [4.69, 9.17) is 4.74 Å². The lowest BCUT2D eigenvalue weighted by atomic mass is 10.1. The lowest BCUT2D eigenvalue weighted by Crippen LogP contribution is -2.30. The van der Waals surface area contributed by atoms with Crippen LogP contribution in [-0.2, 0) is 14.3 Å². The van der Waals surface area contributed by atoms with E-state index in [-0.39, 0.29) is 12.0 Å². The van der Waals surface area contributed by atoms with E-state index in [9.17, 15) is 9.59 Å². The van der Waals surface area contributed by atoms with Crippen LogP contribution < -0.4 is 10.6 Å². The van der Waals surface area contributed by atoms with Crippen LogP contribution in [0.3, 0.4) is 0 Å². The van der Waals surface area contributed by atoms with Gasteiger partial charge in [-0.2, -0.15) is 0 Å². The summed E-state index contributed by atoms with van der Waals surface area (Å²) in [6.45, 7) is 1.31. The topological polar surface area (TPSA) is 79.8 Å². The van der Waals surface area contributed by atoms with Crippen molar-refractivity contribution in [2.24, 2.45) is 4.99 Å². The molecule has 1 atom stereocenters. The van der Waals surface area contributed by atoms with Crippen molar-refractivity contribution in [3.8, 4) is 0 Å². The van der Waals surface area contributed by atoms with Gasteiger partial charge < -0.3 is 4.74 Å². The molecule has 0 spiro atoms. The number of ether oxygens (including phenoxy) is 1. The Labute approximate surface area is 80.7 Å². The Balaban J connectivity index is 1.97. The Morgan fingerprint density at radius 3 is 2.57 bits per heavy atom. The molecule has 2 amide bonds. The van der Waals surface area contributed by atoms with Gasteiger partial charge in [-0.3, -0.25) is 20.2 Å². The third-order valence-electron chi connectivity index (χ3n) is 2.12. The van der Waals surface area contributed by atoms with E-state index in [2.05, 4.69) is 15.6 Å². The zero-order chi connectivity index (χ0) is 9.97. The molecule has 2 aliphatic rings. The molecule has 6 nitrogen and oxygen atoms in total. The molecule has 0 radical (unpaired) electrons. The number of nitrogens with zero attached hydrogens (tertiary/aromatic N) is 1. The van der Waals surface area contributed by atoms with Crippen LogP contribution in [0, 0.1) is 0 Å². The lowest BCUT2D eigenvalue weighted by Gasteiger charge is -2.18. The maximum Gasteiger partial charge on any atom is 0.316 e. The van der Waals surface area contributed by atoms with Gasteiger partial charge in [0.15, 0.2) is 0 Å². The minimum Gasteiger partial charge on any atom is -0.379 e. The molecule has 2 N–H and O–H groups in total. The summed E-state index contributed by atoms with van der Waals surface area (Å²) in [4.78, 5) is 25.7. The average Bonchev–Trinajstić information content (AvgIpc) is 2.47. The first-order valence-electron chi connectivity index (χ1n) is 4.53. The van der Waals surface area contributed by atoms with Crippen molar-refractivity contribution in [3.05, 3.63) is 0 Å². The molecule has 0 bridgehead atoms. The van der Waals surface area contributed by atoms with Crippen LogP contribution in [0.1, 0.15) is 12.8 Å². The third-order valence-corrected chi connectivity index (χ3v) is 2.12. The van der Waals surface area contributed by atoms with Crippen molar-refractivity contribution >= 4 is 17.8 Å². The Morgan fingerprint density at radius 2 is 2.00 bits per heavy atom. The number of carbonyl (C=O) groups excluding carboxylic acids is 2. The number of hydrogen-bond donors (Lipinski definition) is 2. The smallest absolute Gasteiger partial charge is 0.316 e. The zero-order valence-electron chi connectivity index (χ0n) is 7.58. The fourth-order valence-corrected chi connectivity index (χ4v) is 1.43. The summed E-state index contributed by atoms with van der Waals surface area (Å²) in [6.07, 6.45) is 1.89. The fraction of sp³-hybridized carbons (Fsp3) is 0.625. The van der Waals surface area contributed by atoms with Crippen LogP contribution in [0.4, 0.5) is 0 Å². The van der Waals surface area contributed by atoms with Crippen molar-refractivity contribution in [2.75, 3.05) is 13.2 Å². The number of nitrogens with one attached hydrogen (secondary N) is 2. The molecule has 2 saturated heterocycles. The van der Waals surface area contributed by atoms with Gasteiger partial charge in [-0.15, -0.1) is 0 Å². The van der Waals surface area contributed by atoms with Crippen LogP contribution in [-0.4, -0.2) is 37.0 Å². The normalized spacial score (nSPS) is 27.1. The number of rotatable bonds is 1. The van der Waals surface area contributed by atoms with Gasteiger partial charge in [-0.25, -0.2) is 4.99 Å². The molecule has 6 heteroatoms. The number of aliphatic imine (C=N–C) groups is 1. The highest BCUT2D eigenvalue weighted by Gasteiger charge is 2.26. The highest BCUT2D eigenvalue weighted by atomic mass is 16.5. The summed E-state index contributed by atoms with van der Waals surface area (Å²) < 4.78 is 5.21. The van der Waals surface area contributed by atoms with Gasteiger partial charge in [0, 0.05) is 6.61 Å². The monoisotopic (exact) mass is 197 g/mol. The van der Waals surface area contributed by atoms with Gasteiger partial charge >= 0.3 is 11.8 Å². The highest BCUT2D eigenvalue weighted by molar-refractivity contribution is 6.45. The van der Waals surface area contributed by atoms with Gasteiger partial charge in [-0.05, 0) is 12.8 Å². The van der Waals surface area contributed by atoms with Crippen molar-refractivity contribution in [1.82, 2.24) is 10.6 Å². The first-order chi connectivity index (χ1) is 6.75. The van der Waals surface area contributed by atoms with E-state index in [1.165, 1.54) is 0 Å². The molecular weight excluding hydrogens is 186 g/mol. The largest absolute Gasteiger partial charge is 0.379 e. The van der Waals surface area contributed by atoms with Crippen LogP contribution in [0.5, 0.6) is 0 Å². The second-order valence-corrected chi connectivity index (χ2v) is 3.26. The van der Waals surface area contributed by atoms with E-state index in [1.54, 1.807) is 0 Å². The SMILES string of the molecule is O=C1NC(=NC2CCCOC2)NC1=O. The standard InChI is InChI=1S/C8H11N3O3/c12-6-7(13)11-8(10-6)9-5-2-1-3-14-4-5/h5H,1-4H2,(H2,9,10,11,12,13). The second-order valence-electron chi connectivity index (χ2n) is 3.26. The molecule has 76 valence electrons. The third kappa shape index (κ3) is 1.90. The molecule has 0 aromatic rings.